The average Bonchev–Trinajstić information content (AvgIpc) is 2.53. The number of aryl methyl sites for hydroxylation is 3. The van der Waals surface area contributed by atoms with Crippen LogP contribution in [0.2, 0.25) is 0 Å². The number of nitrogens with one attached hydrogen (secondary N) is 2. The van der Waals surface area contributed by atoms with Crippen molar-refractivity contribution in [3.63, 3.8) is 0 Å². The van der Waals surface area contributed by atoms with Gasteiger partial charge in [0, 0.05) is 0 Å². The van der Waals surface area contributed by atoms with E-state index in [1.54, 1.807) is 24.3 Å². The zero-order valence-electron chi connectivity index (χ0n) is 14.1. The van der Waals surface area contributed by atoms with Gasteiger partial charge >= 0.3 is 6.03 Å². The van der Waals surface area contributed by atoms with Crippen LogP contribution in [0.4, 0.5) is 10.5 Å². The van der Waals surface area contributed by atoms with Crippen molar-refractivity contribution in [1.82, 2.24) is 5.32 Å². The molecule has 0 unspecified atom stereocenters. The van der Waals surface area contributed by atoms with Crippen LogP contribution in [0.15, 0.2) is 36.4 Å². The summed E-state index contributed by atoms with van der Waals surface area (Å²) in [6.45, 7) is 6.81. The zero-order chi connectivity index (χ0) is 17.5. The number of amides is 2. The smallest absolute Gasteiger partial charge is 0.319 e. The van der Waals surface area contributed by atoms with Crippen molar-refractivity contribution in [2.75, 3.05) is 18.5 Å². The number of hydrogen-bond donors (Lipinski definition) is 2. The molecular formula is C19H21N3O2. The highest BCUT2D eigenvalue weighted by Crippen LogP contribution is 2.24. The Kier molecular flexibility index (Phi) is 5.80. The summed E-state index contributed by atoms with van der Waals surface area (Å²) in [6.07, 6.45) is 0. The maximum atomic E-state index is 11.9. The average molecular weight is 323 g/mol. The highest BCUT2D eigenvalue weighted by atomic mass is 16.5. The van der Waals surface area contributed by atoms with Crippen LogP contribution in [-0.4, -0.2) is 19.2 Å². The normalized spacial score (nSPS) is 9.92. The van der Waals surface area contributed by atoms with Crippen molar-refractivity contribution < 1.29 is 9.53 Å². The van der Waals surface area contributed by atoms with Gasteiger partial charge in [-0.2, -0.15) is 5.26 Å². The molecule has 0 heterocycles. The number of benzene rings is 2. The van der Waals surface area contributed by atoms with E-state index in [1.165, 1.54) is 5.56 Å². The Balaban J connectivity index is 1.83. The van der Waals surface area contributed by atoms with E-state index in [1.807, 2.05) is 19.9 Å². The lowest BCUT2D eigenvalue weighted by molar-refractivity contribution is 0.247. The van der Waals surface area contributed by atoms with Gasteiger partial charge in [0.15, 0.2) is 0 Å². The SMILES string of the molecule is Cc1cc(C)c(OCCNC(=O)Nc2ccccc2C#N)c(C)c1. The number of carbonyl (C=O) groups excluding carboxylic acids is 1. The summed E-state index contributed by atoms with van der Waals surface area (Å²) in [4.78, 5) is 11.9. The van der Waals surface area contributed by atoms with Gasteiger partial charge in [-0.1, -0.05) is 29.8 Å². The first-order valence-corrected chi connectivity index (χ1v) is 7.76. The standard InChI is InChI=1S/C19H21N3O2/c1-13-10-14(2)18(15(3)11-13)24-9-8-21-19(23)22-17-7-5-4-6-16(17)12-20/h4-7,10-11H,8-9H2,1-3H3,(H2,21,22,23). The van der Waals surface area contributed by atoms with E-state index in [2.05, 4.69) is 29.7 Å². The first-order valence-electron chi connectivity index (χ1n) is 7.76. The number of ether oxygens (including phenoxy) is 1. The van der Waals surface area contributed by atoms with Crippen LogP contribution in [0.5, 0.6) is 5.75 Å². The molecule has 0 aromatic heterocycles. The molecule has 2 aromatic rings. The molecule has 24 heavy (non-hydrogen) atoms. The molecule has 0 fully saturated rings. The number of anilines is 1. The second kappa shape index (κ2) is 8.02. The molecule has 0 radical (unpaired) electrons. The molecule has 2 rings (SSSR count). The van der Waals surface area contributed by atoms with Gasteiger partial charge in [-0.3, -0.25) is 0 Å². The summed E-state index contributed by atoms with van der Waals surface area (Å²) in [5, 5.41) is 14.4. The molecule has 0 saturated heterocycles. The van der Waals surface area contributed by atoms with Crippen molar-refractivity contribution >= 4 is 11.7 Å². The Labute approximate surface area is 142 Å². The van der Waals surface area contributed by atoms with Gasteiger partial charge in [0.2, 0.25) is 0 Å². The predicted molar refractivity (Wildman–Crippen MR) is 94.3 cm³/mol. The maximum absolute atomic E-state index is 11.9. The number of urea groups is 1. The predicted octanol–water partition coefficient (Wildman–Crippen LogP) is 3.68. The first kappa shape index (κ1) is 17.4. The van der Waals surface area contributed by atoms with Crippen LogP contribution in [0.3, 0.4) is 0 Å². The number of nitrogens with zero attached hydrogens (tertiary/aromatic N) is 1. The Morgan fingerprint density at radius 1 is 1.17 bits per heavy atom. The lowest BCUT2D eigenvalue weighted by Crippen LogP contribution is -2.32. The van der Waals surface area contributed by atoms with E-state index in [9.17, 15) is 4.79 Å². The molecule has 0 atom stereocenters. The van der Waals surface area contributed by atoms with Gasteiger partial charge in [0.25, 0.3) is 0 Å². The molecule has 5 heteroatoms. The number of hydrogen-bond acceptors (Lipinski definition) is 3. The van der Waals surface area contributed by atoms with E-state index in [0.29, 0.717) is 24.4 Å². The molecule has 5 nitrogen and oxygen atoms in total. The zero-order valence-corrected chi connectivity index (χ0v) is 14.1. The van der Waals surface area contributed by atoms with Gasteiger partial charge in [0.1, 0.15) is 18.4 Å². The van der Waals surface area contributed by atoms with Crippen LogP contribution in [0, 0.1) is 32.1 Å². The highest BCUT2D eigenvalue weighted by Gasteiger charge is 2.07. The molecule has 2 N–H and O–H groups in total. The molecule has 0 spiro atoms. The minimum absolute atomic E-state index is 0.362. The van der Waals surface area contributed by atoms with Crippen molar-refractivity contribution in [3.05, 3.63) is 58.7 Å². The van der Waals surface area contributed by atoms with Crippen LogP contribution in [-0.2, 0) is 0 Å². The summed E-state index contributed by atoms with van der Waals surface area (Å²) in [7, 11) is 0. The van der Waals surface area contributed by atoms with Gasteiger partial charge in [-0.15, -0.1) is 0 Å². The number of rotatable bonds is 5. The quantitative estimate of drug-likeness (QED) is 0.824. The fraction of sp³-hybridized carbons (Fsp3) is 0.263. The number of carbonyl (C=O) groups is 1. The fourth-order valence-corrected chi connectivity index (χ4v) is 2.57. The molecule has 2 amide bonds. The summed E-state index contributed by atoms with van der Waals surface area (Å²) >= 11 is 0. The van der Waals surface area contributed by atoms with Crippen molar-refractivity contribution in [2.24, 2.45) is 0 Å². The third kappa shape index (κ3) is 4.50. The molecule has 0 aliphatic heterocycles. The lowest BCUT2D eigenvalue weighted by Gasteiger charge is -2.14. The van der Waals surface area contributed by atoms with E-state index >= 15 is 0 Å². The summed E-state index contributed by atoms with van der Waals surface area (Å²) in [5.74, 6) is 0.859. The highest BCUT2D eigenvalue weighted by molar-refractivity contribution is 5.90. The maximum Gasteiger partial charge on any atom is 0.319 e. The van der Waals surface area contributed by atoms with Crippen LogP contribution >= 0.6 is 0 Å². The second-order valence-corrected chi connectivity index (χ2v) is 5.61. The largest absolute Gasteiger partial charge is 0.491 e. The van der Waals surface area contributed by atoms with Crippen molar-refractivity contribution in [1.29, 1.82) is 5.26 Å². The third-order valence-corrected chi connectivity index (χ3v) is 3.53. The minimum Gasteiger partial charge on any atom is -0.491 e. The first-order chi connectivity index (χ1) is 11.5. The summed E-state index contributed by atoms with van der Waals surface area (Å²) in [6, 6.07) is 12.7. The second-order valence-electron chi connectivity index (χ2n) is 5.61. The molecule has 2 aromatic carbocycles. The van der Waals surface area contributed by atoms with Crippen molar-refractivity contribution in [3.8, 4) is 11.8 Å². The third-order valence-electron chi connectivity index (χ3n) is 3.53. The Morgan fingerprint density at radius 2 is 1.83 bits per heavy atom. The van der Waals surface area contributed by atoms with Gasteiger partial charge in [-0.25, -0.2) is 4.79 Å². The Morgan fingerprint density at radius 3 is 2.50 bits per heavy atom. The number of para-hydroxylation sites is 1. The Bertz CT molecular complexity index is 755. The molecular weight excluding hydrogens is 302 g/mol. The van der Waals surface area contributed by atoms with Gasteiger partial charge in [0.05, 0.1) is 17.8 Å². The van der Waals surface area contributed by atoms with Crippen molar-refractivity contribution in [2.45, 2.75) is 20.8 Å². The lowest BCUT2D eigenvalue weighted by atomic mass is 10.1. The van der Waals surface area contributed by atoms with Crippen LogP contribution in [0.25, 0.3) is 0 Å². The Hall–Kier alpha value is -3.00. The van der Waals surface area contributed by atoms with Crippen LogP contribution in [0.1, 0.15) is 22.3 Å². The molecule has 0 bridgehead atoms. The molecule has 0 saturated carbocycles. The summed E-state index contributed by atoms with van der Waals surface area (Å²) < 4.78 is 5.77. The van der Waals surface area contributed by atoms with E-state index in [0.717, 1.165) is 16.9 Å². The van der Waals surface area contributed by atoms with E-state index in [4.69, 9.17) is 10.00 Å². The number of nitriles is 1. The summed E-state index contributed by atoms with van der Waals surface area (Å²) in [5.41, 5.74) is 4.28. The van der Waals surface area contributed by atoms with Gasteiger partial charge in [-0.05, 0) is 44.0 Å². The molecule has 124 valence electrons. The van der Waals surface area contributed by atoms with E-state index in [-0.39, 0.29) is 6.03 Å². The topological polar surface area (TPSA) is 74.2 Å². The molecule has 0 aliphatic rings. The van der Waals surface area contributed by atoms with Crippen LogP contribution < -0.4 is 15.4 Å². The molecule has 0 aliphatic carbocycles. The van der Waals surface area contributed by atoms with E-state index < -0.39 is 0 Å². The monoisotopic (exact) mass is 323 g/mol. The minimum atomic E-state index is -0.362. The van der Waals surface area contributed by atoms with Gasteiger partial charge < -0.3 is 15.4 Å². The fourth-order valence-electron chi connectivity index (χ4n) is 2.57.